The topological polar surface area (TPSA) is 99.1 Å². The average Bonchev–Trinajstić information content (AvgIpc) is 3.25. The second-order valence-corrected chi connectivity index (χ2v) is 13.5. The Kier molecular flexibility index (Phi) is 9.68. The zero-order valence-corrected chi connectivity index (χ0v) is 25.4. The van der Waals surface area contributed by atoms with Crippen LogP contribution in [0.4, 0.5) is 5.69 Å². The van der Waals surface area contributed by atoms with Crippen LogP contribution in [0.1, 0.15) is 51.3 Å². The third kappa shape index (κ3) is 6.92. The van der Waals surface area contributed by atoms with E-state index < -0.39 is 15.9 Å². The van der Waals surface area contributed by atoms with Crippen molar-refractivity contribution in [2.75, 3.05) is 50.7 Å². The minimum atomic E-state index is -3.76. The van der Waals surface area contributed by atoms with Gasteiger partial charge in [0, 0.05) is 71.7 Å². The Hall–Kier alpha value is -2.76. The van der Waals surface area contributed by atoms with E-state index in [9.17, 15) is 18.0 Å². The second kappa shape index (κ2) is 12.8. The normalized spacial score (nSPS) is 20.3. The van der Waals surface area contributed by atoms with E-state index in [-0.39, 0.29) is 23.3 Å². The van der Waals surface area contributed by atoms with Gasteiger partial charge in [-0.15, -0.1) is 0 Å². The maximum atomic E-state index is 14.1. The Morgan fingerprint density at radius 1 is 1.05 bits per heavy atom. The smallest absolute Gasteiger partial charge is 0.246 e. The van der Waals surface area contributed by atoms with Crippen molar-refractivity contribution in [3.8, 4) is 0 Å². The highest BCUT2D eigenvalue weighted by molar-refractivity contribution is 7.89. The molecule has 1 aromatic carbocycles. The molecule has 2 aliphatic heterocycles. The van der Waals surface area contributed by atoms with Crippen LogP contribution in [0, 0.1) is 18.8 Å². The second-order valence-electron chi connectivity index (χ2n) is 11.6. The summed E-state index contributed by atoms with van der Waals surface area (Å²) < 4.78 is 30.0. The van der Waals surface area contributed by atoms with Gasteiger partial charge >= 0.3 is 0 Å². The van der Waals surface area contributed by atoms with Crippen LogP contribution in [0.2, 0.25) is 0 Å². The Morgan fingerprint density at radius 2 is 1.80 bits per heavy atom. The lowest BCUT2D eigenvalue weighted by atomic mass is 9.97. The summed E-state index contributed by atoms with van der Waals surface area (Å²) in [5.41, 5.74) is 2.22. The summed E-state index contributed by atoms with van der Waals surface area (Å²) in [6, 6.07) is 7.80. The molecule has 0 radical (unpaired) electrons. The molecule has 220 valence electrons. The average molecular weight is 573 g/mol. The largest absolute Gasteiger partial charge is 0.337 e. The molecular weight excluding hydrogens is 528 g/mol. The number of aryl methyl sites for hydroxylation is 2. The first-order valence-corrected chi connectivity index (χ1v) is 15.8. The van der Waals surface area contributed by atoms with Gasteiger partial charge in [0.1, 0.15) is 4.90 Å². The molecule has 1 fully saturated rings. The van der Waals surface area contributed by atoms with Gasteiger partial charge in [0.15, 0.2) is 0 Å². The van der Waals surface area contributed by atoms with E-state index in [4.69, 9.17) is 0 Å². The van der Waals surface area contributed by atoms with Crippen molar-refractivity contribution in [2.24, 2.45) is 18.9 Å². The minimum absolute atomic E-state index is 0.0150. The van der Waals surface area contributed by atoms with Gasteiger partial charge in [-0.3, -0.25) is 14.3 Å². The number of anilines is 1. The molecule has 2 amide bonds. The van der Waals surface area contributed by atoms with Crippen molar-refractivity contribution in [1.82, 2.24) is 23.9 Å². The SMILES string of the molecule is CC(=O)N1CCCN(CC(C)C)CCN(C(=O)C2CCCN(S(=O)(=O)c3cn(C)nc3C)C2)Cc2ccccc21. The molecule has 40 heavy (non-hydrogen) atoms. The van der Waals surface area contributed by atoms with E-state index in [2.05, 4.69) is 23.8 Å². The number of hydrogen-bond donors (Lipinski definition) is 0. The first kappa shape index (κ1) is 30.2. The molecule has 0 saturated carbocycles. The van der Waals surface area contributed by atoms with Crippen molar-refractivity contribution in [3.63, 3.8) is 0 Å². The molecular formula is C29H44N6O4S. The summed E-state index contributed by atoms with van der Waals surface area (Å²) >= 11 is 0. The van der Waals surface area contributed by atoms with E-state index in [1.807, 2.05) is 34.1 Å². The first-order valence-electron chi connectivity index (χ1n) is 14.3. The number of amides is 2. The van der Waals surface area contributed by atoms with E-state index in [1.54, 1.807) is 20.9 Å². The van der Waals surface area contributed by atoms with Crippen LogP contribution in [0.15, 0.2) is 35.4 Å². The van der Waals surface area contributed by atoms with Gasteiger partial charge < -0.3 is 14.7 Å². The molecule has 1 unspecified atom stereocenters. The highest BCUT2D eigenvalue weighted by atomic mass is 32.2. The third-order valence-corrected chi connectivity index (χ3v) is 9.79. The molecule has 11 heteroatoms. The fourth-order valence-electron chi connectivity index (χ4n) is 5.94. The van der Waals surface area contributed by atoms with Crippen molar-refractivity contribution in [2.45, 2.75) is 58.4 Å². The van der Waals surface area contributed by atoms with Gasteiger partial charge in [-0.1, -0.05) is 32.0 Å². The number of carbonyl (C=O) groups excluding carboxylic acids is 2. The van der Waals surface area contributed by atoms with Crippen LogP contribution < -0.4 is 4.90 Å². The lowest BCUT2D eigenvalue weighted by molar-refractivity contribution is -0.137. The number of sulfonamides is 1. The fraction of sp³-hybridized carbons (Fsp3) is 0.621. The fourth-order valence-corrected chi connectivity index (χ4v) is 7.67. The lowest BCUT2D eigenvalue weighted by Gasteiger charge is -2.35. The van der Waals surface area contributed by atoms with Crippen LogP contribution in [0.3, 0.4) is 0 Å². The summed E-state index contributed by atoms with van der Waals surface area (Å²) in [7, 11) is -2.05. The van der Waals surface area contributed by atoms with Crippen LogP contribution >= 0.6 is 0 Å². The summed E-state index contributed by atoms with van der Waals surface area (Å²) in [6.07, 6.45) is 3.64. The van der Waals surface area contributed by atoms with Crippen molar-refractivity contribution >= 4 is 27.5 Å². The number of fused-ring (bicyclic) bond motifs is 1. The first-order chi connectivity index (χ1) is 19.0. The Labute approximate surface area is 239 Å². The molecule has 10 nitrogen and oxygen atoms in total. The van der Waals surface area contributed by atoms with Gasteiger partial charge in [0.05, 0.1) is 11.6 Å². The molecule has 2 aliphatic rings. The Morgan fingerprint density at radius 3 is 2.48 bits per heavy atom. The van der Waals surface area contributed by atoms with Crippen LogP contribution in [0.25, 0.3) is 0 Å². The lowest BCUT2D eigenvalue weighted by Crippen LogP contribution is -2.48. The molecule has 1 aromatic heterocycles. The third-order valence-electron chi connectivity index (χ3n) is 7.82. The number of carbonyl (C=O) groups is 2. The van der Waals surface area contributed by atoms with Crippen molar-refractivity contribution in [3.05, 3.63) is 41.7 Å². The number of hydrogen-bond acceptors (Lipinski definition) is 6. The molecule has 1 saturated heterocycles. The summed E-state index contributed by atoms with van der Waals surface area (Å²) in [5.74, 6) is -0.00165. The van der Waals surface area contributed by atoms with Crippen molar-refractivity contribution < 1.29 is 18.0 Å². The van der Waals surface area contributed by atoms with E-state index in [0.717, 1.165) is 37.3 Å². The van der Waals surface area contributed by atoms with Gasteiger partial charge in [0.2, 0.25) is 21.8 Å². The van der Waals surface area contributed by atoms with Gasteiger partial charge in [-0.25, -0.2) is 8.42 Å². The predicted molar refractivity (Wildman–Crippen MR) is 155 cm³/mol. The van der Waals surface area contributed by atoms with Crippen LogP contribution in [-0.4, -0.2) is 89.9 Å². The molecule has 0 spiro atoms. The van der Waals surface area contributed by atoms with Gasteiger partial charge in [-0.2, -0.15) is 9.40 Å². The van der Waals surface area contributed by atoms with Gasteiger partial charge in [0.25, 0.3) is 0 Å². The molecule has 3 heterocycles. The molecule has 0 aliphatic carbocycles. The predicted octanol–water partition coefficient (Wildman–Crippen LogP) is 2.87. The Balaban J connectivity index is 1.61. The zero-order chi connectivity index (χ0) is 29.0. The number of benzene rings is 1. The monoisotopic (exact) mass is 572 g/mol. The molecule has 1 atom stereocenters. The highest BCUT2D eigenvalue weighted by Crippen LogP contribution is 2.28. The van der Waals surface area contributed by atoms with Crippen LogP contribution in [-0.2, 0) is 33.2 Å². The summed E-state index contributed by atoms with van der Waals surface area (Å²) in [4.78, 5) is 33.1. The van der Waals surface area contributed by atoms with Crippen molar-refractivity contribution in [1.29, 1.82) is 0 Å². The molecule has 2 aromatic rings. The van der Waals surface area contributed by atoms with E-state index >= 15 is 0 Å². The minimum Gasteiger partial charge on any atom is -0.337 e. The number of rotatable bonds is 5. The molecule has 4 rings (SSSR count). The highest BCUT2D eigenvalue weighted by Gasteiger charge is 2.37. The summed E-state index contributed by atoms with van der Waals surface area (Å²) in [6.45, 7) is 12.2. The van der Waals surface area contributed by atoms with Crippen LogP contribution in [0.5, 0.6) is 0 Å². The number of aromatic nitrogens is 2. The summed E-state index contributed by atoms with van der Waals surface area (Å²) in [5, 5.41) is 4.21. The van der Waals surface area contributed by atoms with Gasteiger partial charge in [-0.05, 0) is 50.3 Å². The quantitative estimate of drug-likeness (QED) is 0.547. The number of nitrogens with zero attached hydrogens (tertiary/aromatic N) is 6. The number of piperidine rings is 1. The molecule has 0 N–H and O–H groups in total. The zero-order valence-electron chi connectivity index (χ0n) is 24.5. The molecule has 0 bridgehead atoms. The maximum absolute atomic E-state index is 14.1. The standard InChI is InChI=1S/C29H44N6O4S/c1-22(2)18-32-13-9-15-35(24(4)36)27-12-7-6-10-25(27)19-33(17-16-32)29(37)26-11-8-14-34(20-26)40(38,39)28-21-31(5)30-23(28)3/h6-7,10,12,21-22,26H,8-9,11,13-20H2,1-5H3. The van der Waals surface area contributed by atoms with E-state index in [1.165, 1.54) is 15.2 Å². The van der Waals surface area contributed by atoms with E-state index in [0.29, 0.717) is 50.6 Å². The maximum Gasteiger partial charge on any atom is 0.246 e. The number of para-hydroxylation sites is 1. The Bertz CT molecular complexity index is 1310.